The van der Waals surface area contributed by atoms with Crippen LogP contribution in [0.5, 0.6) is 0 Å². The van der Waals surface area contributed by atoms with E-state index >= 15 is 0 Å². The molecule has 4 heteroatoms. The summed E-state index contributed by atoms with van der Waals surface area (Å²) in [6.45, 7) is 0. The number of nitrogens with one attached hydrogen (secondary N) is 1. The maximum absolute atomic E-state index is 11.9. The summed E-state index contributed by atoms with van der Waals surface area (Å²) in [6.07, 6.45) is 0.274. The van der Waals surface area contributed by atoms with Crippen molar-refractivity contribution < 1.29 is 4.79 Å². The van der Waals surface area contributed by atoms with Gasteiger partial charge in [-0.3, -0.25) is 4.79 Å². The molecule has 0 heterocycles. The Morgan fingerprint density at radius 1 is 1.21 bits per heavy atom. The van der Waals surface area contributed by atoms with Crippen molar-refractivity contribution in [2.45, 2.75) is 6.42 Å². The van der Waals surface area contributed by atoms with Crippen LogP contribution in [0.15, 0.2) is 48.5 Å². The standard InChI is InChI=1S/C15H13N3O/c16-10-12-9-13(17)6-7-14(12)18-15(19)8-11-4-2-1-3-5-11/h1-7,9H,8,17H2,(H,18,19). The van der Waals surface area contributed by atoms with E-state index < -0.39 is 0 Å². The Labute approximate surface area is 111 Å². The number of rotatable bonds is 3. The molecule has 3 N–H and O–H groups in total. The number of nitrogens with two attached hydrogens (primary N) is 1. The first-order chi connectivity index (χ1) is 9.19. The average molecular weight is 251 g/mol. The Kier molecular flexibility index (Phi) is 3.79. The summed E-state index contributed by atoms with van der Waals surface area (Å²) in [6, 6.07) is 16.3. The van der Waals surface area contributed by atoms with Crippen molar-refractivity contribution in [3.63, 3.8) is 0 Å². The lowest BCUT2D eigenvalue weighted by molar-refractivity contribution is -0.115. The number of carbonyl (C=O) groups excluding carboxylic acids is 1. The monoisotopic (exact) mass is 251 g/mol. The number of benzene rings is 2. The molecule has 0 saturated heterocycles. The van der Waals surface area contributed by atoms with Crippen LogP contribution in [-0.2, 0) is 11.2 Å². The van der Waals surface area contributed by atoms with Gasteiger partial charge in [0.25, 0.3) is 0 Å². The zero-order valence-electron chi connectivity index (χ0n) is 10.3. The van der Waals surface area contributed by atoms with Gasteiger partial charge < -0.3 is 11.1 Å². The van der Waals surface area contributed by atoms with Gasteiger partial charge in [0.05, 0.1) is 17.7 Å². The Balaban J connectivity index is 2.10. The first-order valence-corrected chi connectivity index (χ1v) is 5.82. The van der Waals surface area contributed by atoms with Crippen LogP contribution in [-0.4, -0.2) is 5.91 Å². The third kappa shape index (κ3) is 3.33. The highest BCUT2D eigenvalue weighted by atomic mass is 16.1. The van der Waals surface area contributed by atoms with Gasteiger partial charge in [-0.1, -0.05) is 30.3 Å². The SMILES string of the molecule is N#Cc1cc(N)ccc1NC(=O)Cc1ccccc1. The van der Waals surface area contributed by atoms with E-state index in [1.165, 1.54) is 6.07 Å². The summed E-state index contributed by atoms with van der Waals surface area (Å²) in [5, 5.41) is 11.7. The molecule has 0 fully saturated rings. The lowest BCUT2D eigenvalue weighted by Gasteiger charge is -2.07. The average Bonchev–Trinajstić information content (AvgIpc) is 2.42. The highest BCUT2D eigenvalue weighted by Crippen LogP contribution is 2.18. The molecule has 0 aromatic heterocycles. The van der Waals surface area contributed by atoms with Crippen molar-refractivity contribution in [2.75, 3.05) is 11.1 Å². The molecule has 2 aromatic rings. The van der Waals surface area contributed by atoms with Gasteiger partial charge >= 0.3 is 0 Å². The molecule has 0 aliphatic rings. The van der Waals surface area contributed by atoms with Crippen molar-refractivity contribution in [1.29, 1.82) is 5.26 Å². The molecule has 0 spiro atoms. The van der Waals surface area contributed by atoms with E-state index in [1.54, 1.807) is 12.1 Å². The Hall–Kier alpha value is -2.80. The number of nitrogens with zero attached hydrogens (tertiary/aromatic N) is 1. The smallest absolute Gasteiger partial charge is 0.228 e. The molecule has 2 aromatic carbocycles. The quantitative estimate of drug-likeness (QED) is 0.821. The van der Waals surface area contributed by atoms with Crippen molar-refractivity contribution in [3.05, 3.63) is 59.7 Å². The largest absolute Gasteiger partial charge is 0.399 e. The lowest BCUT2D eigenvalue weighted by atomic mass is 10.1. The molecule has 0 aliphatic heterocycles. The maximum Gasteiger partial charge on any atom is 0.228 e. The summed E-state index contributed by atoms with van der Waals surface area (Å²) in [4.78, 5) is 11.9. The number of amides is 1. The number of hydrogen-bond donors (Lipinski definition) is 2. The summed E-state index contributed by atoms with van der Waals surface area (Å²) < 4.78 is 0. The first-order valence-electron chi connectivity index (χ1n) is 5.82. The number of carbonyl (C=O) groups is 1. The van der Waals surface area contributed by atoms with E-state index in [0.717, 1.165) is 5.56 Å². The predicted octanol–water partition coefficient (Wildman–Crippen LogP) is 2.32. The van der Waals surface area contributed by atoms with E-state index in [-0.39, 0.29) is 12.3 Å². The molecule has 0 radical (unpaired) electrons. The molecule has 19 heavy (non-hydrogen) atoms. The molecular formula is C15H13N3O. The normalized spacial score (nSPS) is 9.63. The molecule has 0 aliphatic carbocycles. The molecule has 0 saturated carbocycles. The third-order valence-electron chi connectivity index (χ3n) is 2.65. The fourth-order valence-corrected chi connectivity index (χ4v) is 1.74. The molecule has 0 bridgehead atoms. The van der Waals surface area contributed by atoms with E-state index in [9.17, 15) is 4.79 Å². The van der Waals surface area contributed by atoms with Gasteiger partial charge in [-0.05, 0) is 23.8 Å². The minimum Gasteiger partial charge on any atom is -0.399 e. The molecular weight excluding hydrogens is 238 g/mol. The van der Waals surface area contributed by atoms with Gasteiger partial charge in [0, 0.05) is 5.69 Å². The summed E-state index contributed by atoms with van der Waals surface area (Å²) in [5.74, 6) is -0.160. The van der Waals surface area contributed by atoms with Crippen LogP contribution in [0, 0.1) is 11.3 Å². The van der Waals surface area contributed by atoms with Crippen molar-refractivity contribution in [3.8, 4) is 6.07 Å². The van der Waals surface area contributed by atoms with Crippen LogP contribution in [0.1, 0.15) is 11.1 Å². The van der Waals surface area contributed by atoms with E-state index in [0.29, 0.717) is 16.9 Å². The maximum atomic E-state index is 11.9. The van der Waals surface area contributed by atoms with E-state index in [2.05, 4.69) is 5.32 Å². The van der Waals surface area contributed by atoms with Gasteiger partial charge in [0.15, 0.2) is 0 Å². The first kappa shape index (κ1) is 12.7. The highest BCUT2D eigenvalue weighted by molar-refractivity contribution is 5.93. The molecule has 0 unspecified atom stereocenters. The zero-order chi connectivity index (χ0) is 13.7. The van der Waals surface area contributed by atoms with E-state index in [4.69, 9.17) is 11.0 Å². The number of nitriles is 1. The second-order valence-electron chi connectivity index (χ2n) is 4.13. The Bertz CT molecular complexity index is 630. The van der Waals surface area contributed by atoms with Gasteiger partial charge in [-0.25, -0.2) is 0 Å². The molecule has 0 atom stereocenters. The van der Waals surface area contributed by atoms with Gasteiger partial charge in [-0.2, -0.15) is 5.26 Å². The van der Waals surface area contributed by atoms with E-state index in [1.807, 2.05) is 36.4 Å². The predicted molar refractivity (Wildman–Crippen MR) is 74.3 cm³/mol. The second-order valence-corrected chi connectivity index (χ2v) is 4.13. The van der Waals surface area contributed by atoms with Gasteiger partial charge in [-0.15, -0.1) is 0 Å². The Morgan fingerprint density at radius 2 is 1.95 bits per heavy atom. The second kappa shape index (κ2) is 5.69. The van der Waals surface area contributed by atoms with Crippen LogP contribution < -0.4 is 11.1 Å². The number of anilines is 2. The minimum absolute atomic E-state index is 0.160. The topological polar surface area (TPSA) is 78.9 Å². The fraction of sp³-hybridized carbons (Fsp3) is 0.0667. The lowest BCUT2D eigenvalue weighted by Crippen LogP contribution is -2.15. The number of nitrogen functional groups attached to an aromatic ring is 1. The van der Waals surface area contributed by atoms with Gasteiger partial charge in [0.1, 0.15) is 6.07 Å². The van der Waals surface area contributed by atoms with Crippen LogP contribution in [0.2, 0.25) is 0 Å². The fourth-order valence-electron chi connectivity index (χ4n) is 1.74. The van der Waals surface area contributed by atoms with Crippen LogP contribution in [0.25, 0.3) is 0 Å². The van der Waals surface area contributed by atoms with Crippen molar-refractivity contribution in [1.82, 2.24) is 0 Å². The molecule has 94 valence electrons. The van der Waals surface area contributed by atoms with Crippen LogP contribution in [0.3, 0.4) is 0 Å². The van der Waals surface area contributed by atoms with Crippen LogP contribution >= 0.6 is 0 Å². The Morgan fingerprint density at radius 3 is 2.63 bits per heavy atom. The third-order valence-corrected chi connectivity index (χ3v) is 2.65. The van der Waals surface area contributed by atoms with Crippen molar-refractivity contribution in [2.24, 2.45) is 0 Å². The summed E-state index contributed by atoms with van der Waals surface area (Å²) in [5.41, 5.74) is 7.86. The van der Waals surface area contributed by atoms with Crippen LogP contribution in [0.4, 0.5) is 11.4 Å². The highest BCUT2D eigenvalue weighted by Gasteiger charge is 2.07. The summed E-state index contributed by atoms with van der Waals surface area (Å²) in [7, 11) is 0. The molecule has 2 rings (SSSR count). The van der Waals surface area contributed by atoms with Crippen molar-refractivity contribution >= 4 is 17.3 Å². The van der Waals surface area contributed by atoms with Gasteiger partial charge in [0.2, 0.25) is 5.91 Å². The molecule has 1 amide bonds. The molecule has 4 nitrogen and oxygen atoms in total. The minimum atomic E-state index is -0.160. The zero-order valence-corrected chi connectivity index (χ0v) is 10.3. The summed E-state index contributed by atoms with van der Waals surface area (Å²) >= 11 is 0. The number of hydrogen-bond acceptors (Lipinski definition) is 3.